The zero-order valence-electron chi connectivity index (χ0n) is 11.2. The third-order valence-electron chi connectivity index (χ3n) is 2.93. The van der Waals surface area contributed by atoms with Gasteiger partial charge >= 0.3 is 0 Å². The molecule has 0 amide bonds. The van der Waals surface area contributed by atoms with Gasteiger partial charge in [-0.3, -0.25) is 0 Å². The fraction of sp³-hybridized carbons (Fsp3) is 0.571. The maximum Gasteiger partial charge on any atom is 0.0775 e. The van der Waals surface area contributed by atoms with Gasteiger partial charge in [-0.05, 0) is 18.9 Å². The molecule has 0 saturated carbocycles. The molecule has 0 radical (unpaired) electrons. The first-order valence-corrected chi connectivity index (χ1v) is 9.64. The Morgan fingerprint density at radius 3 is 2.12 bits per heavy atom. The molecule has 90 valence electrons. The van der Waals surface area contributed by atoms with Crippen LogP contribution >= 0.6 is 0 Å². The smallest absolute Gasteiger partial charge is 0.0775 e. The first-order chi connectivity index (χ1) is 7.43. The minimum Gasteiger partial charge on any atom is -0.374 e. The molecule has 0 saturated heterocycles. The van der Waals surface area contributed by atoms with Gasteiger partial charge in [0.2, 0.25) is 0 Å². The van der Waals surface area contributed by atoms with Crippen molar-refractivity contribution in [2.45, 2.75) is 52.6 Å². The molecule has 0 aliphatic heterocycles. The van der Waals surface area contributed by atoms with Crippen LogP contribution in [0.5, 0.6) is 0 Å². The Bertz CT molecular complexity index is 311. The van der Waals surface area contributed by atoms with Crippen molar-refractivity contribution in [3.05, 3.63) is 29.8 Å². The highest BCUT2D eigenvalue weighted by Gasteiger charge is 2.15. The second-order valence-corrected chi connectivity index (χ2v) is 10.6. The van der Waals surface area contributed by atoms with E-state index in [2.05, 4.69) is 57.8 Å². The SMILES string of the molecule is CCC(C)OCc1ccc([Si](C)(C)C)cc1. The quantitative estimate of drug-likeness (QED) is 0.711. The molecule has 0 N–H and O–H groups in total. The Balaban J connectivity index is 2.58. The summed E-state index contributed by atoms with van der Waals surface area (Å²) < 4.78 is 5.71. The Kier molecular flexibility index (Phi) is 4.75. The van der Waals surface area contributed by atoms with Crippen molar-refractivity contribution in [2.75, 3.05) is 0 Å². The van der Waals surface area contributed by atoms with Crippen LogP contribution in [-0.2, 0) is 11.3 Å². The average Bonchev–Trinajstić information content (AvgIpc) is 2.25. The molecule has 1 nitrogen and oxygen atoms in total. The predicted octanol–water partition coefficient (Wildman–Crippen LogP) is 3.55. The highest BCUT2D eigenvalue weighted by atomic mass is 28.3. The van der Waals surface area contributed by atoms with E-state index in [9.17, 15) is 0 Å². The van der Waals surface area contributed by atoms with Gasteiger partial charge < -0.3 is 4.74 Å². The molecular weight excluding hydrogens is 212 g/mol. The molecule has 0 spiro atoms. The van der Waals surface area contributed by atoms with Crippen LogP contribution in [-0.4, -0.2) is 14.2 Å². The van der Waals surface area contributed by atoms with Crippen LogP contribution in [0.2, 0.25) is 19.6 Å². The van der Waals surface area contributed by atoms with Crippen molar-refractivity contribution < 1.29 is 4.74 Å². The Hall–Kier alpha value is -0.603. The van der Waals surface area contributed by atoms with E-state index in [1.54, 1.807) is 0 Å². The standard InChI is InChI=1S/C14H24OSi/c1-6-12(2)15-11-13-7-9-14(10-8-13)16(3,4)5/h7-10,12H,6,11H2,1-5H3. The average molecular weight is 236 g/mol. The third kappa shape index (κ3) is 4.10. The van der Waals surface area contributed by atoms with Crippen LogP contribution in [0.4, 0.5) is 0 Å². The maximum atomic E-state index is 5.71. The molecule has 1 unspecified atom stereocenters. The Morgan fingerprint density at radius 1 is 1.12 bits per heavy atom. The lowest BCUT2D eigenvalue weighted by molar-refractivity contribution is 0.0508. The monoisotopic (exact) mass is 236 g/mol. The molecule has 1 rings (SSSR count). The number of ether oxygens (including phenoxy) is 1. The van der Waals surface area contributed by atoms with Crippen LogP contribution in [0.15, 0.2) is 24.3 Å². The summed E-state index contributed by atoms with van der Waals surface area (Å²) in [5.41, 5.74) is 1.28. The predicted molar refractivity (Wildman–Crippen MR) is 74.0 cm³/mol. The second-order valence-electron chi connectivity index (χ2n) is 5.48. The molecule has 0 aliphatic carbocycles. The Labute approximate surface area is 101 Å². The summed E-state index contributed by atoms with van der Waals surface area (Å²) in [5, 5.41) is 1.51. The number of hydrogen-bond acceptors (Lipinski definition) is 1. The van der Waals surface area contributed by atoms with Gasteiger partial charge in [0.25, 0.3) is 0 Å². The lowest BCUT2D eigenvalue weighted by atomic mass is 10.2. The first-order valence-electron chi connectivity index (χ1n) is 6.14. The molecule has 0 fully saturated rings. The number of hydrogen-bond donors (Lipinski definition) is 0. The van der Waals surface area contributed by atoms with Gasteiger partial charge in [0.05, 0.1) is 20.8 Å². The van der Waals surface area contributed by atoms with E-state index in [0.29, 0.717) is 6.10 Å². The van der Waals surface area contributed by atoms with Gasteiger partial charge in [0.15, 0.2) is 0 Å². The molecule has 0 aliphatic rings. The maximum absolute atomic E-state index is 5.71. The van der Waals surface area contributed by atoms with Crippen molar-refractivity contribution in [2.24, 2.45) is 0 Å². The van der Waals surface area contributed by atoms with Crippen molar-refractivity contribution in [3.8, 4) is 0 Å². The summed E-state index contributed by atoms with van der Waals surface area (Å²) in [6.45, 7) is 12.1. The fourth-order valence-corrected chi connectivity index (χ4v) is 2.62. The van der Waals surface area contributed by atoms with Gasteiger partial charge in [-0.2, -0.15) is 0 Å². The van der Waals surface area contributed by atoms with Crippen LogP contribution in [0.1, 0.15) is 25.8 Å². The third-order valence-corrected chi connectivity index (χ3v) is 4.99. The minimum absolute atomic E-state index is 0.358. The van der Waals surface area contributed by atoms with Gasteiger partial charge in [-0.25, -0.2) is 0 Å². The topological polar surface area (TPSA) is 9.23 Å². The summed E-state index contributed by atoms with van der Waals surface area (Å²) in [6.07, 6.45) is 1.43. The van der Waals surface area contributed by atoms with Gasteiger partial charge in [-0.1, -0.05) is 56.0 Å². The van der Waals surface area contributed by atoms with E-state index in [4.69, 9.17) is 4.74 Å². The zero-order valence-corrected chi connectivity index (χ0v) is 12.2. The normalized spacial score (nSPS) is 13.8. The molecule has 1 aromatic rings. The second kappa shape index (κ2) is 5.64. The lowest BCUT2D eigenvalue weighted by Crippen LogP contribution is -2.37. The summed E-state index contributed by atoms with van der Waals surface area (Å²) >= 11 is 0. The van der Waals surface area contributed by atoms with Crippen molar-refractivity contribution in [1.29, 1.82) is 0 Å². The van der Waals surface area contributed by atoms with E-state index < -0.39 is 8.07 Å². The first kappa shape index (κ1) is 13.5. The Morgan fingerprint density at radius 2 is 1.69 bits per heavy atom. The fourth-order valence-electron chi connectivity index (χ4n) is 1.46. The molecule has 0 bridgehead atoms. The molecule has 1 atom stereocenters. The summed E-state index contributed by atoms with van der Waals surface area (Å²) in [7, 11) is -1.15. The molecule has 0 aromatic heterocycles. The van der Waals surface area contributed by atoms with E-state index in [1.165, 1.54) is 10.8 Å². The number of rotatable bonds is 5. The molecule has 1 aromatic carbocycles. The summed E-state index contributed by atoms with van der Waals surface area (Å²) in [5.74, 6) is 0. The van der Waals surface area contributed by atoms with Crippen molar-refractivity contribution in [3.63, 3.8) is 0 Å². The lowest BCUT2D eigenvalue weighted by Gasteiger charge is -2.17. The minimum atomic E-state index is -1.15. The van der Waals surface area contributed by atoms with Crippen LogP contribution < -0.4 is 5.19 Å². The van der Waals surface area contributed by atoms with E-state index in [0.717, 1.165) is 13.0 Å². The van der Waals surface area contributed by atoms with Gasteiger partial charge in [-0.15, -0.1) is 0 Å². The molecule has 0 heterocycles. The van der Waals surface area contributed by atoms with Crippen LogP contribution in [0.3, 0.4) is 0 Å². The van der Waals surface area contributed by atoms with Crippen molar-refractivity contribution in [1.82, 2.24) is 0 Å². The van der Waals surface area contributed by atoms with E-state index >= 15 is 0 Å². The van der Waals surface area contributed by atoms with Gasteiger partial charge in [0, 0.05) is 0 Å². The van der Waals surface area contributed by atoms with E-state index in [-0.39, 0.29) is 0 Å². The summed E-state index contributed by atoms with van der Waals surface area (Å²) in [4.78, 5) is 0. The van der Waals surface area contributed by atoms with Gasteiger partial charge in [0.1, 0.15) is 0 Å². The highest BCUT2D eigenvalue weighted by molar-refractivity contribution is 6.88. The largest absolute Gasteiger partial charge is 0.374 e. The molecule has 16 heavy (non-hydrogen) atoms. The van der Waals surface area contributed by atoms with Crippen LogP contribution in [0.25, 0.3) is 0 Å². The summed E-state index contributed by atoms with van der Waals surface area (Å²) in [6, 6.07) is 8.94. The molecular formula is C14H24OSi. The van der Waals surface area contributed by atoms with E-state index in [1.807, 2.05) is 0 Å². The number of benzene rings is 1. The zero-order chi connectivity index (χ0) is 12.2. The van der Waals surface area contributed by atoms with Crippen LogP contribution in [0, 0.1) is 0 Å². The highest BCUT2D eigenvalue weighted by Crippen LogP contribution is 2.07. The molecule has 2 heteroatoms. The van der Waals surface area contributed by atoms with Crippen molar-refractivity contribution >= 4 is 13.3 Å².